The van der Waals surface area contributed by atoms with E-state index in [1.807, 2.05) is 30.3 Å². The van der Waals surface area contributed by atoms with Gasteiger partial charge in [0.1, 0.15) is 5.69 Å². The molecule has 5 heteroatoms. The lowest BCUT2D eigenvalue weighted by atomic mass is 10.0. The molecule has 2 N–H and O–H groups in total. The lowest BCUT2D eigenvalue weighted by Gasteiger charge is -2.18. The number of carbonyl (C=O) groups excluding carboxylic acids is 1. The second-order valence-corrected chi connectivity index (χ2v) is 4.58. The number of hydrogen-bond acceptors (Lipinski definition) is 3. The number of pyridine rings is 1. The fraction of sp³-hybridized carbons (Fsp3) is 0.188. The molecule has 0 aliphatic carbocycles. The summed E-state index contributed by atoms with van der Waals surface area (Å²) in [5.74, 6) is -1.20. The van der Waals surface area contributed by atoms with Gasteiger partial charge in [0, 0.05) is 12.6 Å². The number of aliphatic carboxylic acids is 1. The number of nitrogens with zero attached hydrogens (tertiary/aromatic N) is 1. The van der Waals surface area contributed by atoms with Crippen LogP contribution in [0.15, 0.2) is 54.7 Å². The third-order valence-electron chi connectivity index (χ3n) is 3.05. The van der Waals surface area contributed by atoms with Crippen LogP contribution < -0.4 is 5.32 Å². The molecule has 0 spiro atoms. The van der Waals surface area contributed by atoms with Crippen molar-refractivity contribution in [1.82, 2.24) is 10.3 Å². The van der Waals surface area contributed by atoms with E-state index in [0.29, 0.717) is 12.1 Å². The molecule has 1 atom stereocenters. The van der Waals surface area contributed by atoms with Gasteiger partial charge in [-0.2, -0.15) is 0 Å². The monoisotopic (exact) mass is 284 g/mol. The number of carbonyl (C=O) groups is 2. The van der Waals surface area contributed by atoms with E-state index in [-0.39, 0.29) is 18.4 Å². The maximum atomic E-state index is 12.2. The molecule has 0 fully saturated rings. The fourth-order valence-electron chi connectivity index (χ4n) is 2.00. The van der Waals surface area contributed by atoms with Crippen molar-refractivity contribution < 1.29 is 14.7 Å². The summed E-state index contributed by atoms with van der Waals surface area (Å²) in [6.07, 6.45) is 1.86. The van der Waals surface area contributed by atoms with Crippen molar-refractivity contribution in [3.8, 4) is 0 Å². The normalized spacial score (nSPS) is 11.6. The van der Waals surface area contributed by atoms with Crippen molar-refractivity contribution in [3.63, 3.8) is 0 Å². The molecule has 1 unspecified atom stereocenters. The fourth-order valence-corrected chi connectivity index (χ4v) is 2.00. The first kappa shape index (κ1) is 14.7. The van der Waals surface area contributed by atoms with Crippen LogP contribution in [-0.2, 0) is 4.79 Å². The van der Waals surface area contributed by atoms with Crippen LogP contribution in [0.2, 0.25) is 0 Å². The zero-order valence-corrected chi connectivity index (χ0v) is 11.4. The Labute approximate surface area is 122 Å². The summed E-state index contributed by atoms with van der Waals surface area (Å²) in [5.41, 5.74) is 1.19. The number of hydrogen-bond donors (Lipinski definition) is 2. The van der Waals surface area contributed by atoms with Gasteiger partial charge in [-0.1, -0.05) is 36.4 Å². The van der Waals surface area contributed by atoms with Gasteiger partial charge < -0.3 is 10.4 Å². The predicted molar refractivity (Wildman–Crippen MR) is 77.8 cm³/mol. The predicted octanol–water partition coefficient (Wildman–Crippen LogP) is 2.42. The molecule has 1 heterocycles. The third kappa shape index (κ3) is 4.42. The van der Waals surface area contributed by atoms with Gasteiger partial charge in [0.25, 0.3) is 5.91 Å². The SMILES string of the molecule is O=C(O)CCC(NC(=O)c1ccccn1)c1ccccc1. The Balaban J connectivity index is 2.12. The van der Waals surface area contributed by atoms with Crippen LogP contribution >= 0.6 is 0 Å². The summed E-state index contributed by atoms with van der Waals surface area (Å²) in [4.78, 5) is 26.9. The van der Waals surface area contributed by atoms with Gasteiger partial charge in [-0.05, 0) is 24.1 Å². The number of nitrogens with one attached hydrogen (secondary N) is 1. The highest BCUT2D eigenvalue weighted by Gasteiger charge is 2.17. The van der Waals surface area contributed by atoms with Crippen molar-refractivity contribution in [3.05, 3.63) is 66.0 Å². The minimum Gasteiger partial charge on any atom is -0.481 e. The zero-order chi connectivity index (χ0) is 15.1. The molecule has 1 aromatic heterocycles. The van der Waals surface area contributed by atoms with Crippen molar-refractivity contribution >= 4 is 11.9 Å². The van der Waals surface area contributed by atoms with Gasteiger partial charge in [-0.25, -0.2) is 0 Å². The summed E-state index contributed by atoms with van der Waals surface area (Å²) in [6, 6.07) is 14.1. The second kappa shape index (κ2) is 7.19. The van der Waals surface area contributed by atoms with E-state index in [1.165, 1.54) is 0 Å². The van der Waals surface area contributed by atoms with Gasteiger partial charge in [-0.3, -0.25) is 14.6 Å². The summed E-state index contributed by atoms with van der Waals surface area (Å²) < 4.78 is 0. The average Bonchev–Trinajstić information content (AvgIpc) is 2.52. The molecule has 1 amide bonds. The number of aromatic nitrogens is 1. The molecule has 0 aliphatic heterocycles. The Bertz CT molecular complexity index is 599. The van der Waals surface area contributed by atoms with Crippen molar-refractivity contribution in [2.75, 3.05) is 0 Å². The van der Waals surface area contributed by atoms with Crippen molar-refractivity contribution in [2.24, 2.45) is 0 Å². The summed E-state index contributed by atoms with van der Waals surface area (Å²) in [7, 11) is 0. The lowest BCUT2D eigenvalue weighted by Crippen LogP contribution is -2.29. The van der Waals surface area contributed by atoms with Crippen LogP contribution in [0.3, 0.4) is 0 Å². The molecule has 0 saturated carbocycles. The maximum absolute atomic E-state index is 12.2. The Morgan fingerprint density at radius 3 is 2.43 bits per heavy atom. The molecular weight excluding hydrogens is 268 g/mol. The van der Waals surface area contributed by atoms with E-state index in [1.54, 1.807) is 24.4 Å². The first-order valence-corrected chi connectivity index (χ1v) is 6.65. The topological polar surface area (TPSA) is 79.3 Å². The van der Waals surface area contributed by atoms with Crippen molar-refractivity contribution in [1.29, 1.82) is 0 Å². The van der Waals surface area contributed by atoms with Gasteiger partial charge in [0.05, 0.1) is 6.04 Å². The first-order valence-electron chi connectivity index (χ1n) is 6.65. The molecule has 2 rings (SSSR count). The van der Waals surface area contributed by atoms with Crippen LogP contribution in [0.25, 0.3) is 0 Å². The molecule has 21 heavy (non-hydrogen) atoms. The number of carboxylic acids is 1. The molecule has 1 aromatic carbocycles. The largest absolute Gasteiger partial charge is 0.481 e. The molecule has 0 aliphatic rings. The number of benzene rings is 1. The molecule has 0 radical (unpaired) electrons. The third-order valence-corrected chi connectivity index (χ3v) is 3.05. The summed E-state index contributed by atoms with van der Waals surface area (Å²) in [6.45, 7) is 0. The van der Waals surface area contributed by atoms with Gasteiger partial charge in [-0.15, -0.1) is 0 Å². The van der Waals surface area contributed by atoms with Gasteiger partial charge >= 0.3 is 5.97 Å². The Morgan fingerprint density at radius 1 is 1.10 bits per heavy atom. The molecule has 0 bridgehead atoms. The van der Waals surface area contributed by atoms with Crippen LogP contribution in [0.4, 0.5) is 0 Å². The van der Waals surface area contributed by atoms with E-state index < -0.39 is 5.97 Å². The first-order chi connectivity index (χ1) is 10.2. The summed E-state index contributed by atoms with van der Waals surface area (Å²) in [5, 5.41) is 11.7. The van der Waals surface area contributed by atoms with Crippen LogP contribution in [-0.4, -0.2) is 22.0 Å². The Morgan fingerprint density at radius 2 is 1.81 bits per heavy atom. The van der Waals surface area contributed by atoms with Gasteiger partial charge in [0.2, 0.25) is 0 Å². The Hall–Kier alpha value is -2.69. The van der Waals surface area contributed by atoms with Crippen LogP contribution in [0.1, 0.15) is 34.9 Å². The number of amides is 1. The van der Waals surface area contributed by atoms with Crippen molar-refractivity contribution in [2.45, 2.75) is 18.9 Å². The maximum Gasteiger partial charge on any atom is 0.303 e. The molecule has 5 nitrogen and oxygen atoms in total. The highest BCUT2D eigenvalue weighted by Crippen LogP contribution is 2.18. The Kier molecular flexibility index (Phi) is 5.04. The van der Waals surface area contributed by atoms with E-state index in [4.69, 9.17) is 5.11 Å². The van der Waals surface area contributed by atoms with Gasteiger partial charge in [0.15, 0.2) is 0 Å². The van der Waals surface area contributed by atoms with E-state index in [2.05, 4.69) is 10.3 Å². The zero-order valence-electron chi connectivity index (χ0n) is 11.4. The number of carboxylic acid groups (broad SMARTS) is 1. The molecule has 0 saturated heterocycles. The lowest BCUT2D eigenvalue weighted by molar-refractivity contribution is -0.137. The number of rotatable bonds is 6. The second-order valence-electron chi connectivity index (χ2n) is 4.58. The average molecular weight is 284 g/mol. The van der Waals surface area contributed by atoms with Crippen LogP contribution in [0, 0.1) is 0 Å². The molecule has 108 valence electrons. The highest BCUT2D eigenvalue weighted by molar-refractivity contribution is 5.92. The standard InChI is InChI=1S/C16H16N2O3/c19-15(20)10-9-13(12-6-2-1-3-7-12)18-16(21)14-8-4-5-11-17-14/h1-8,11,13H,9-10H2,(H,18,21)(H,19,20). The minimum absolute atomic E-state index is 0.0118. The van der Waals surface area contributed by atoms with E-state index in [0.717, 1.165) is 5.56 Å². The highest BCUT2D eigenvalue weighted by atomic mass is 16.4. The quantitative estimate of drug-likeness (QED) is 0.853. The minimum atomic E-state index is -0.886. The van der Waals surface area contributed by atoms with E-state index in [9.17, 15) is 9.59 Å². The molecular formula is C16H16N2O3. The smallest absolute Gasteiger partial charge is 0.303 e. The van der Waals surface area contributed by atoms with Crippen LogP contribution in [0.5, 0.6) is 0 Å². The summed E-state index contributed by atoms with van der Waals surface area (Å²) >= 11 is 0. The van der Waals surface area contributed by atoms with E-state index >= 15 is 0 Å². The molecule has 2 aromatic rings.